The van der Waals surface area contributed by atoms with Gasteiger partial charge in [0.2, 0.25) is 10.0 Å². The van der Waals surface area contributed by atoms with Crippen LogP contribution in [0.4, 0.5) is 10.2 Å². The van der Waals surface area contributed by atoms with Gasteiger partial charge in [-0.25, -0.2) is 12.8 Å². The number of ether oxygens (including phenoxy) is 2. The van der Waals surface area contributed by atoms with Gasteiger partial charge in [0.1, 0.15) is 22.2 Å². The van der Waals surface area contributed by atoms with Gasteiger partial charge in [-0.3, -0.25) is 0 Å². The third kappa shape index (κ3) is 4.91. The number of benzene rings is 2. The number of hydrogen-bond acceptors (Lipinski definition) is 7. The van der Waals surface area contributed by atoms with E-state index in [1.807, 2.05) is 48.2 Å². The van der Waals surface area contributed by atoms with E-state index in [1.54, 1.807) is 0 Å². The number of anilines is 1. The number of nitrogens with zero attached hydrogens (tertiary/aromatic N) is 4. The fraction of sp³-hybridized carbons (Fsp3) is 0.304. The lowest BCUT2D eigenvalue weighted by Gasteiger charge is -2.34. The summed E-state index contributed by atoms with van der Waals surface area (Å²) in [7, 11) is -2.53. The van der Waals surface area contributed by atoms with Crippen LogP contribution in [0.5, 0.6) is 11.5 Å². The molecule has 0 radical (unpaired) electrons. The number of methoxy groups -OCH3 is 1. The van der Waals surface area contributed by atoms with Crippen molar-refractivity contribution < 1.29 is 22.3 Å². The van der Waals surface area contributed by atoms with Gasteiger partial charge in [-0.15, -0.1) is 10.2 Å². The first-order chi connectivity index (χ1) is 15.9. The fourth-order valence-corrected chi connectivity index (χ4v) is 5.27. The highest BCUT2D eigenvalue weighted by atomic mass is 32.2. The number of rotatable bonds is 7. The minimum Gasteiger partial charge on any atom is -0.495 e. The zero-order valence-electron chi connectivity index (χ0n) is 18.4. The Kier molecular flexibility index (Phi) is 6.75. The van der Waals surface area contributed by atoms with Crippen LogP contribution in [-0.2, 0) is 10.0 Å². The molecule has 10 heteroatoms. The predicted octanol–water partition coefficient (Wildman–Crippen LogP) is 3.20. The largest absolute Gasteiger partial charge is 0.495 e. The topological polar surface area (TPSA) is 84.9 Å². The summed E-state index contributed by atoms with van der Waals surface area (Å²) in [4.78, 5) is 1.81. The molecule has 0 unspecified atom stereocenters. The molecule has 174 valence electrons. The van der Waals surface area contributed by atoms with E-state index in [-0.39, 0.29) is 23.7 Å². The van der Waals surface area contributed by atoms with Crippen LogP contribution < -0.4 is 14.4 Å². The molecular weight excluding hydrogens is 447 g/mol. The summed E-state index contributed by atoms with van der Waals surface area (Å²) in [5.41, 5.74) is 1.67. The molecule has 4 rings (SSSR count). The average molecular weight is 473 g/mol. The van der Waals surface area contributed by atoms with Crippen molar-refractivity contribution in [3.05, 3.63) is 60.4 Å². The molecule has 0 atom stereocenters. The highest BCUT2D eigenvalue weighted by Crippen LogP contribution is 2.29. The van der Waals surface area contributed by atoms with Gasteiger partial charge >= 0.3 is 0 Å². The summed E-state index contributed by atoms with van der Waals surface area (Å²) < 4.78 is 51.7. The van der Waals surface area contributed by atoms with E-state index in [4.69, 9.17) is 9.47 Å². The molecular formula is C23H25FN4O4S. The van der Waals surface area contributed by atoms with Crippen molar-refractivity contribution >= 4 is 15.8 Å². The Morgan fingerprint density at radius 1 is 0.970 bits per heavy atom. The number of sulfonamides is 1. The van der Waals surface area contributed by atoms with Crippen LogP contribution >= 0.6 is 0 Å². The lowest BCUT2D eigenvalue weighted by atomic mass is 10.1. The average Bonchev–Trinajstić information content (AvgIpc) is 2.85. The highest BCUT2D eigenvalue weighted by Gasteiger charge is 2.31. The van der Waals surface area contributed by atoms with Crippen LogP contribution in [0.25, 0.3) is 11.3 Å². The zero-order chi connectivity index (χ0) is 23.4. The maximum absolute atomic E-state index is 13.7. The van der Waals surface area contributed by atoms with Crippen molar-refractivity contribution in [3.63, 3.8) is 0 Å². The van der Waals surface area contributed by atoms with Crippen molar-refractivity contribution in [2.75, 3.05) is 44.8 Å². The van der Waals surface area contributed by atoms with Crippen molar-refractivity contribution in [2.24, 2.45) is 0 Å². The molecule has 8 nitrogen and oxygen atoms in total. The van der Waals surface area contributed by atoms with Crippen LogP contribution in [0.15, 0.2) is 59.5 Å². The lowest BCUT2D eigenvalue weighted by molar-refractivity contribution is 0.340. The Labute approximate surface area is 192 Å². The number of piperazine rings is 1. The van der Waals surface area contributed by atoms with Crippen LogP contribution in [0.1, 0.15) is 6.92 Å². The molecule has 3 aromatic rings. The summed E-state index contributed by atoms with van der Waals surface area (Å²) in [6.45, 7) is 3.90. The van der Waals surface area contributed by atoms with Gasteiger partial charge in [0.05, 0.1) is 19.4 Å². The minimum absolute atomic E-state index is 0.120. The monoisotopic (exact) mass is 472 g/mol. The molecule has 2 aromatic carbocycles. The molecule has 0 saturated carbocycles. The maximum Gasteiger partial charge on any atom is 0.246 e. The second-order valence-corrected chi connectivity index (χ2v) is 9.33. The van der Waals surface area contributed by atoms with Crippen LogP contribution in [-0.4, -0.2) is 62.8 Å². The van der Waals surface area contributed by atoms with E-state index < -0.39 is 15.8 Å². The van der Waals surface area contributed by atoms with Gasteiger partial charge in [-0.05, 0) is 61.5 Å². The zero-order valence-corrected chi connectivity index (χ0v) is 19.3. The van der Waals surface area contributed by atoms with E-state index in [0.29, 0.717) is 25.5 Å². The maximum atomic E-state index is 13.7. The van der Waals surface area contributed by atoms with Gasteiger partial charge < -0.3 is 14.4 Å². The van der Waals surface area contributed by atoms with Crippen molar-refractivity contribution in [1.29, 1.82) is 0 Å². The van der Waals surface area contributed by atoms with Gasteiger partial charge in [-0.2, -0.15) is 4.31 Å². The summed E-state index contributed by atoms with van der Waals surface area (Å²) in [5, 5.41) is 8.65. The smallest absolute Gasteiger partial charge is 0.246 e. The quantitative estimate of drug-likeness (QED) is 0.522. The molecule has 0 bridgehead atoms. The standard InChI is InChI=1S/C23H25FN4O4S/c1-3-32-19-7-4-17(5-8-19)20-9-11-23(26-25-20)27-12-14-28(15-13-27)33(29,30)22-16-18(24)6-10-21(22)31-2/h4-11,16H,3,12-15H2,1-2H3. The summed E-state index contributed by atoms with van der Waals surface area (Å²) in [5.74, 6) is 0.963. The first-order valence-electron chi connectivity index (χ1n) is 10.6. The third-order valence-electron chi connectivity index (χ3n) is 5.42. The van der Waals surface area contributed by atoms with Crippen molar-refractivity contribution in [1.82, 2.24) is 14.5 Å². The molecule has 1 aliphatic rings. The molecule has 1 aliphatic heterocycles. The molecule has 0 amide bonds. The van der Waals surface area contributed by atoms with E-state index in [0.717, 1.165) is 23.1 Å². The Bertz CT molecular complexity index is 1200. The normalized spacial score (nSPS) is 14.8. The molecule has 0 aliphatic carbocycles. The number of halogens is 1. The van der Waals surface area contributed by atoms with E-state index >= 15 is 0 Å². The van der Waals surface area contributed by atoms with E-state index in [2.05, 4.69) is 10.2 Å². The molecule has 0 spiro atoms. The molecule has 1 saturated heterocycles. The van der Waals surface area contributed by atoms with Crippen LogP contribution in [0.3, 0.4) is 0 Å². The molecule has 0 N–H and O–H groups in total. The van der Waals surface area contributed by atoms with Gasteiger partial charge in [-0.1, -0.05) is 0 Å². The second-order valence-electron chi connectivity index (χ2n) is 7.42. The Morgan fingerprint density at radius 3 is 2.30 bits per heavy atom. The van der Waals surface area contributed by atoms with Crippen molar-refractivity contribution in [3.8, 4) is 22.8 Å². The van der Waals surface area contributed by atoms with Gasteiger partial charge in [0.25, 0.3) is 0 Å². The minimum atomic E-state index is -3.89. The lowest BCUT2D eigenvalue weighted by Crippen LogP contribution is -2.49. The molecule has 1 fully saturated rings. The first kappa shape index (κ1) is 22.9. The van der Waals surface area contributed by atoms with E-state index in [9.17, 15) is 12.8 Å². The highest BCUT2D eigenvalue weighted by molar-refractivity contribution is 7.89. The van der Waals surface area contributed by atoms with Crippen LogP contribution in [0, 0.1) is 5.82 Å². The summed E-state index contributed by atoms with van der Waals surface area (Å²) in [6.07, 6.45) is 0. The van der Waals surface area contributed by atoms with E-state index in [1.165, 1.54) is 23.5 Å². The summed E-state index contributed by atoms with van der Waals surface area (Å²) in [6, 6.07) is 14.9. The summed E-state index contributed by atoms with van der Waals surface area (Å²) >= 11 is 0. The molecule has 1 aromatic heterocycles. The molecule has 2 heterocycles. The SMILES string of the molecule is CCOc1ccc(-c2ccc(N3CCN(S(=O)(=O)c4cc(F)ccc4OC)CC3)nn2)cc1. The first-order valence-corrected chi connectivity index (χ1v) is 12.0. The van der Waals surface area contributed by atoms with Gasteiger partial charge in [0.15, 0.2) is 5.82 Å². The Hall–Kier alpha value is -3.24. The number of aromatic nitrogens is 2. The van der Waals surface area contributed by atoms with Gasteiger partial charge in [0, 0.05) is 31.7 Å². The fourth-order valence-electron chi connectivity index (χ4n) is 3.69. The van der Waals surface area contributed by atoms with Crippen LogP contribution in [0.2, 0.25) is 0 Å². The Morgan fingerprint density at radius 2 is 1.70 bits per heavy atom. The Balaban J connectivity index is 1.43. The predicted molar refractivity (Wildman–Crippen MR) is 123 cm³/mol. The van der Waals surface area contributed by atoms with Crippen molar-refractivity contribution in [2.45, 2.75) is 11.8 Å². The third-order valence-corrected chi connectivity index (χ3v) is 7.34. The number of hydrogen-bond donors (Lipinski definition) is 0. The molecule has 33 heavy (non-hydrogen) atoms. The second kappa shape index (κ2) is 9.72.